The summed E-state index contributed by atoms with van der Waals surface area (Å²) in [6.07, 6.45) is 5.22. The summed E-state index contributed by atoms with van der Waals surface area (Å²) in [5, 5.41) is 6.53. The number of halogens is 1. The molecule has 1 saturated carbocycles. The normalized spacial score (nSPS) is 25.8. The third-order valence-electron chi connectivity index (χ3n) is 6.78. The van der Waals surface area contributed by atoms with Gasteiger partial charge in [-0.15, -0.1) is 24.0 Å². The fourth-order valence-corrected chi connectivity index (χ4v) is 5.11. The molecular formula is C24H34IN5O2. The summed E-state index contributed by atoms with van der Waals surface area (Å²) < 4.78 is 0. The number of hydrogen-bond donors (Lipinski definition) is 2. The first-order chi connectivity index (χ1) is 14.9. The van der Waals surface area contributed by atoms with Gasteiger partial charge in [0.2, 0.25) is 11.8 Å². The van der Waals surface area contributed by atoms with Crippen LogP contribution in [0.3, 0.4) is 0 Å². The van der Waals surface area contributed by atoms with Crippen molar-refractivity contribution in [3.05, 3.63) is 41.5 Å². The zero-order valence-corrected chi connectivity index (χ0v) is 21.6. The van der Waals surface area contributed by atoms with Gasteiger partial charge < -0.3 is 15.5 Å². The van der Waals surface area contributed by atoms with Crippen LogP contribution >= 0.6 is 24.0 Å². The Kier molecular flexibility index (Phi) is 7.84. The van der Waals surface area contributed by atoms with Crippen molar-refractivity contribution in [2.24, 2.45) is 28.7 Å². The van der Waals surface area contributed by atoms with Gasteiger partial charge in [0.1, 0.15) is 0 Å². The lowest BCUT2D eigenvalue weighted by molar-refractivity contribution is -0.140. The highest BCUT2D eigenvalue weighted by Gasteiger charge is 2.58. The molecule has 4 atom stereocenters. The second-order valence-electron chi connectivity index (χ2n) is 8.96. The predicted octanol–water partition coefficient (Wildman–Crippen LogP) is 2.54. The molecule has 8 heteroatoms. The van der Waals surface area contributed by atoms with Crippen LogP contribution in [0, 0.1) is 30.6 Å². The molecule has 3 aliphatic rings. The average Bonchev–Trinajstić information content (AvgIpc) is 3.42. The number of nitrogens with zero attached hydrogens (tertiary/aromatic N) is 3. The van der Waals surface area contributed by atoms with Crippen molar-refractivity contribution < 1.29 is 9.59 Å². The molecule has 0 radical (unpaired) electrons. The van der Waals surface area contributed by atoms with Crippen LogP contribution < -0.4 is 15.5 Å². The van der Waals surface area contributed by atoms with Gasteiger partial charge in [-0.05, 0) is 55.4 Å². The number of nitrogens with one attached hydrogen (secondary N) is 2. The number of hydrogen-bond acceptors (Lipinski definition) is 4. The van der Waals surface area contributed by atoms with E-state index in [1.165, 1.54) is 21.7 Å². The lowest BCUT2D eigenvalue weighted by Crippen LogP contribution is -2.43. The van der Waals surface area contributed by atoms with Crippen LogP contribution in [-0.2, 0) is 16.1 Å². The molecule has 1 aromatic rings. The minimum atomic E-state index is -0.127. The topological polar surface area (TPSA) is 77.0 Å². The van der Waals surface area contributed by atoms with Crippen LogP contribution in [0.15, 0.2) is 35.3 Å². The highest BCUT2D eigenvalue weighted by Crippen LogP contribution is 2.52. The molecule has 2 N–H and O–H groups in total. The van der Waals surface area contributed by atoms with Crippen LogP contribution in [-0.4, -0.2) is 56.4 Å². The van der Waals surface area contributed by atoms with E-state index in [4.69, 9.17) is 4.99 Å². The van der Waals surface area contributed by atoms with Gasteiger partial charge in [-0.25, -0.2) is 4.99 Å². The van der Waals surface area contributed by atoms with Gasteiger partial charge in [-0.3, -0.25) is 14.5 Å². The summed E-state index contributed by atoms with van der Waals surface area (Å²) in [4.78, 5) is 33.9. The van der Waals surface area contributed by atoms with Crippen LogP contribution in [0.25, 0.3) is 0 Å². The Morgan fingerprint density at radius 1 is 1.12 bits per heavy atom. The molecule has 2 amide bonds. The molecule has 174 valence electrons. The maximum atomic E-state index is 12.8. The number of fused-ring (bicyclic) bond motifs is 5. The van der Waals surface area contributed by atoms with Crippen molar-refractivity contribution in [1.29, 1.82) is 0 Å². The molecule has 4 unspecified atom stereocenters. The Morgan fingerprint density at radius 2 is 1.78 bits per heavy atom. The second kappa shape index (κ2) is 10.2. The number of aryl methyl sites for hydroxylation is 1. The van der Waals surface area contributed by atoms with Gasteiger partial charge in [0, 0.05) is 39.4 Å². The van der Waals surface area contributed by atoms with E-state index in [0.717, 1.165) is 13.0 Å². The minimum absolute atomic E-state index is 0. The number of benzene rings is 1. The van der Waals surface area contributed by atoms with E-state index in [1.54, 1.807) is 0 Å². The van der Waals surface area contributed by atoms with Crippen LogP contribution in [0.1, 0.15) is 24.5 Å². The predicted molar refractivity (Wildman–Crippen MR) is 138 cm³/mol. The lowest BCUT2D eigenvalue weighted by Gasteiger charge is -2.19. The van der Waals surface area contributed by atoms with E-state index < -0.39 is 0 Å². The Labute approximate surface area is 207 Å². The summed E-state index contributed by atoms with van der Waals surface area (Å²) in [7, 11) is 4.06. The zero-order chi connectivity index (χ0) is 22.1. The summed E-state index contributed by atoms with van der Waals surface area (Å²) >= 11 is 0. The van der Waals surface area contributed by atoms with Crippen molar-refractivity contribution in [2.45, 2.75) is 26.8 Å². The molecule has 0 spiro atoms. The molecule has 1 saturated heterocycles. The highest BCUT2D eigenvalue weighted by atomic mass is 127. The molecule has 2 fully saturated rings. The van der Waals surface area contributed by atoms with E-state index >= 15 is 0 Å². The van der Waals surface area contributed by atoms with Crippen molar-refractivity contribution in [3.8, 4) is 0 Å². The van der Waals surface area contributed by atoms with Crippen molar-refractivity contribution in [3.63, 3.8) is 0 Å². The molecule has 0 aromatic heterocycles. The number of guanidine groups is 1. The SMILES string of the molecule is CCNC(=NCc1ccc(N(C)C)cc1C)NCCN1C(=O)C2C3C=CC(C3)C2C1=O.I. The number of allylic oxidation sites excluding steroid dienone is 2. The fourth-order valence-electron chi connectivity index (χ4n) is 5.11. The largest absolute Gasteiger partial charge is 0.378 e. The minimum Gasteiger partial charge on any atom is -0.378 e. The number of anilines is 1. The Balaban J connectivity index is 0.00000289. The highest BCUT2D eigenvalue weighted by molar-refractivity contribution is 14.0. The third kappa shape index (κ3) is 4.65. The number of carbonyl (C=O) groups is 2. The first-order valence-corrected chi connectivity index (χ1v) is 11.2. The first kappa shape index (κ1) is 24.5. The van der Waals surface area contributed by atoms with Crippen molar-refractivity contribution in [2.75, 3.05) is 38.6 Å². The lowest BCUT2D eigenvalue weighted by atomic mass is 9.85. The maximum Gasteiger partial charge on any atom is 0.233 e. The zero-order valence-electron chi connectivity index (χ0n) is 19.3. The molecule has 32 heavy (non-hydrogen) atoms. The van der Waals surface area contributed by atoms with Crippen LogP contribution in [0.4, 0.5) is 5.69 Å². The number of likely N-dealkylation sites (tertiary alicyclic amines) is 1. The Bertz CT molecular complexity index is 899. The van der Waals surface area contributed by atoms with Gasteiger partial charge in [-0.2, -0.15) is 0 Å². The summed E-state index contributed by atoms with van der Waals surface area (Å²) in [5.74, 6) is 0.963. The molecule has 7 nitrogen and oxygen atoms in total. The van der Waals surface area contributed by atoms with E-state index in [9.17, 15) is 9.59 Å². The van der Waals surface area contributed by atoms with E-state index in [-0.39, 0.29) is 59.5 Å². The maximum absolute atomic E-state index is 12.8. The van der Waals surface area contributed by atoms with Gasteiger partial charge in [0.15, 0.2) is 5.96 Å². The molecule has 4 rings (SSSR count). The van der Waals surface area contributed by atoms with Crippen molar-refractivity contribution >= 4 is 47.4 Å². The average molecular weight is 551 g/mol. The third-order valence-corrected chi connectivity index (χ3v) is 6.78. The summed E-state index contributed by atoms with van der Waals surface area (Å²) in [6.45, 7) is 6.30. The molecule has 1 aromatic carbocycles. The van der Waals surface area contributed by atoms with Crippen LogP contribution in [0.5, 0.6) is 0 Å². The van der Waals surface area contributed by atoms with Crippen LogP contribution in [0.2, 0.25) is 0 Å². The second-order valence-corrected chi connectivity index (χ2v) is 8.96. The monoisotopic (exact) mass is 551 g/mol. The summed E-state index contributed by atoms with van der Waals surface area (Å²) in [5.41, 5.74) is 3.54. The first-order valence-electron chi connectivity index (χ1n) is 11.2. The van der Waals surface area contributed by atoms with Gasteiger partial charge >= 0.3 is 0 Å². The van der Waals surface area contributed by atoms with Gasteiger partial charge in [0.05, 0.1) is 18.4 Å². The van der Waals surface area contributed by atoms with E-state index in [2.05, 4.69) is 52.8 Å². The van der Waals surface area contributed by atoms with Gasteiger partial charge in [-0.1, -0.05) is 18.2 Å². The number of imide groups is 1. The molecular weight excluding hydrogens is 517 g/mol. The Morgan fingerprint density at radius 3 is 2.34 bits per heavy atom. The van der Waals surface area contributed by atoms with Gasteiger partial charge in [0.25, 0.3) is 0 Å². The van der Waals surface area contributed by atoms with E-state index in [0.29, 0.717) is 25.6 Å². The molecule has 2 bridgehead atoms. The number of carbonyl (C=O) groups excluding carboxylic acids is 2. The number of rotatable bonds is 7. The van der Waals surface area contributed by atoms with Crippen molar-refractivity contribution in [1.82, 2.24) is 15.5 Å². The fraction of sp³-hybridized carbons (Fsp3) is 0.542. The molecule has 2 aliphatic carbocycles. The number of amides is 2. The Hall–Kier alpha value is -2.10. The number of aliphatic imine (C=N–C) groups is 1. The smallest absolute Gasteiger partial charge is 0.233 e. The molecule has 1 aliphatic heterocycles. The standard InChI is InChI=1S/C24H33N5O2.HI/c1-5-25-24(27-14-18-8-9-19(28(3)4)12-15(18)2)26-10-11-29-22(30)20-16-6-7-17(13-16)21(20)23(29)31;/h6-9,12,16-17,20-21H,5,10-11,13-14H2,1-4H3,(H2,25,26,27);1H. The molecule has 1 heterocycles. The summed E-state index contributed by atoms with van der Waals surface area (Å²) in [6, 6.07) is 6.37. The quantitative estimate of drug-likeness (QED) is 0.179. The van der Waals surface area contributed by atoms with E-state index in [1.807, 2.05) is 21.0 Å².